The van der Waals surface area contributed by atoms with Gasteiger partial charge in [-0.25, -0.2) is 9.18 Å². The van der Waals surface area contributed by atoms with E-state index in [-0.39, 0.29) is 23.6 Å². The van der Waals surface area contributed by atoms with Crippen LogP contribution in [0.2, 0.25) is 0 Å². The van der Waals surface area contributed by atoms with Crippen LogP contribution in [0.5, 0.6) is 0 Å². The van der Waals surface area contributed by atoms with E-state index in [1.165, 1.54) is 6.07 Å². The molecule has 144 valence electrons. The van der Waals surface area contributed by atoms with Crippen molar-refractivity contribution in [2.45, 2.75) is 25.8 Å². The number of nitrogens with zero attached hydrogens (tertiary/aromatic N) is 3. The van der Waals surface area contributed by atoms with Crippen molar-refractivity contribution >= 4 is 22.6 Å². The number of carbonyl (C=O) groups excluding carboxylic acids is 1. The van der Waals surface area contributed by atoms with Crippen molar-refractivity contribution in [1.29, 1.82) is 0 Å². The first kappa shape index (κ1) is 18.0. The van der Waals surface area contributed by atoms with Gasteiger partial charge in [0.05, 0.1) is 17.8 Å². The number of hydrogen-bond acceptors (Lipinski definition) is 5. The number of pyridine rings is 1. The Morgan fingerprint density at radius 3 is 2.56 bits per heavy atom. The average Bonchev–Trinajstić information content (AvgIpc) is 3.48. The van der Waals surface area contributed by atoms with Crippen molar-refractivity contribution < 1.29 is 13.9 Å². The molecule has 6 nitrogen and oxygen atoms in total. The fraction of sp³-hybridized carbons (Fsp3) is 0.500. The molecule has 1 aliphatic carbocycles. The number of hydrogen-bond donors (Lipinski definition) is 0. The highest BCUT2D eigenvalue weighted by Gasteiger charge is 2.28. The largest absolute Gasteiger partial charge is 0.462 e. The van der Waals surface area contributed by atoms with E-state index in [4.69, 9.17) is 4.74 Å². The third-order valence-electron chi connectivity index (χ3n) is 5.38. The lowest BCUT2D eigenvalue weighted by Gasteiger charge is -2.34. The van der Waals surface area contributed by atoms with E-state index in [1.807, 2.05) is 9.47 Å². The standard InChI is InChI=1S/C20H24FN3O3/c1-3-27-20(26)15-12-24(13-4-5-13)17-11-18(16(21)10-14(17)19(15)25)23-8-6-22(2)7-9-23/h10-13H,3-9H2,1-2H3. The van der Waals surface area contributed by atoms with E-state index >= 15 is 0 Å². The summed E-state index contributed by atoms with van der Waals surface area (Å²) >= 11 is 0. The number of halogens is 1. The van der Waals surface area contributed by atoms with Crippen LogP contribution in [0.3, 0.4) is 0 Å². The van der Waals surface area contributed by atoms with Crippen LogP contribution in [0.1, 0.15) is 36.2 Å². The number of fused-ring (bicyclic) bond motifs is 1. The summed E-state index contributed by atoms with van der Waals surface area (Å²) < 4.78 is 21.9. The summed E-state index contributed by atoms with van der Waals surface area (Å²) in [5.74, 6) is -1.07. The second-order valence-corrected chi connectivity index (χ2v) is 7.34. The summed E-state index contributed by atoms with van der Waals surface area (Å²) in [6, 6.07) is 3.30. The molecule has 1 aromatic heterocycles. The summed E-state index contributed by atoms with van der Waals surface area (Å²) in [5, 5.41) is 0.239. The first-order valence-corrected chi connectivity index (χ1v) is 9.48. The van der Waals surface area contributed by atoms with Gasteiger partial charge in [0.15, 0.2) is 0 Å². The van der Waals surface area contributed by atoms with Crippen LogP contribution in [-0.2, 0) is 4.74 Å². The fourth-order valence-corrected chi connectivity index (χ4v) is 3.66. The molecular weight excluding hydrogens is 349 g/mol. The van der Waals surface area contributed by atoms with E-state index in [0.717, 1.165) is 39.0 Å². The molecule has 1 aromatic carbocycles. The number of piperazine rings is 1. The van der Waals surface area contributed by atoms with Gasteiger partial charge in [-0.15, -0.1) is 0 Å². The Morgan fingerprint density at radius 2 is 1.93 bits per heavy atom. The van der Waals surface area contributed by atoms with E-state index in [1.54, 1.807) is 19.2 Å². The Bertz CT molecular complexity index is 944. The molecule has 2 heterocycles. The molecular formula is C20H24FN3O3. The van der Waals surface area contributed by atoms with Crippen molar-refractivity contribution in [3.63, 3.8) is 0 Å². The molecule has 2 aromatic rings. The minimum Gasteiger partial charge on any atom is -0.462 e. The number of benzene rings is 1. The lowest BCUT2D eigenvalue weighted by Crippen LogP contribution is -2.44. The van der Waals surface area contributed by atoms with Crippen LogP contribution >= 0.6 is 0 Å². The van der Waals surface area contributed by atoms with Crippen LogP contribution in [0, 0.1) is 5.82 Å². The molecule has 0 atom stereocenters. The fourth-order valence-electron chi connectivity index (χ4n) is 3.66. The van der Waals surface area contributed by atoms with Crippen molar-refractivity contribution in [2.24, 2.45) is 0 Å². The zero-order valence-corrected chi connectivity index (χ0v) is 15.7. The van der Waals surface area contributed by atoms with Crippen molar-refractivity contribution in [3.05, 3.63) is 39.9 Å². The van der Waals surface area contributed by atoms with Crippen molar-refractivity contribution in [3.8, 4) is 0 Å². The van der Waals surface area contributed by atoms with Gasteiger partial charge in [-0.05, 0) is 38.9 Å². The Morgan fingerprint density at radius 1 is 1.22 bits per heavy atom. The third-order valence-corrected chi connectivity index (χ3v) is 5.38. The quantitative estimate of drug-likeness (QED) is 0.771. The summed E-state index contributed by atoms with van der Waals surface area (Å²) in [7, 11) is 2.05. The Balaban J connectivity index is 1.85. The highest BCUT2D eigenvalue weighted by Crippen LogP contribution is 2.38. The molecule has 4 rings (SSSR count). The van der Waals surface area contributed by atoms with Gasteiger partial charge in [-0.3, -0.25) is 4.79 Å². The van der Waals surface area contributed by atoms with Gasteiger partial charge in [-0.1, -0.05) is 0 Å². The molecule has 0 bridgehead atoms. The highest BCUT2D eigenvalue weighted by atomic mass is 19.1. The van der Waals surface area contributed by atoms with Crippen LogP contribution < -0.4 is 10.3 Å². The maximum atomic E-state index is 14.9. The van der Waals surface area contributed by atoms with Crippen molar-refractivity contribution in [2.75, 3.05) is 44.7 Å². The monoisotopic (exact) mass is 373 g/mol. The van der Waals surface area contributed by atoms with Gasteiger partial charge in [-0.2, -0.15) is 0 Å². The number of ether oxygens (including phenoxy) is 1. The van der Waals surface area contributed by atoms with E-state index in [2.05, 4.69) is 11.9 Å². The van der Waals surface area contributed by atoms with Crippen LogP contribution in [0.4, 0.5) is 10.1 Å². The van der Waals surface area contributed by atoms with Gasteiger partial charge in [0.2, 0.25) is 5.43 Å². The Hall–Kier alpha value is -2.41. The zero-order chi connectivity index (χ0) is 19.1. The SMILES string of the molecule is CCOC(=O)c1cn(C2CC2)c2cc(N3CCN(C)CC3)c(F)cc2c1=O. The average molecular weight is 373 g/mol. The molecule has 0 radical (unpaired) electrons. The molecule has 0 spiro atoms. The zero-order valence-electron chi connectivity index (χ0n) is 15.7. The molecule has 1 aliphatic heterocycles. The minimum atomic E-state index is -0.651. The number of aromatic nitrogens is 1. The smallest absolute Gasteiger partial charge is 0.343 e. The summed E-state index contributed by atoms with van der Waals surface area (Å²) in [4.78, 5) is 29.2. The van der Waals surface area contributed by atoms with Crippen LogP contribution in [-0.4, -0.2) is 55.3 Å². The second kappa shape index (κ2) is 6.96. The summed E-state index contributed by atoms with van der Waals surface area (Å²) in [5.41, 5.74) is 0.714. The number of carbonyl (C=O) groups is 1. The first-order valence-electron chi connectivity index (χ1n) is 9.48. The van der Waals surface area contributed by atoms with Gasteiger partial charge in [0, 0.05) is 43.8 Å². The van der Waals surface area contributed by atoms with E-state index < -0.39 is 17.2 Å². The maximum absolute atomic E-state index is 14.9. The maximum Gasteiger partial charge on any atom is 0.343 e. The van der Waals surface area contributed by atoms with Gasteiger partial charge in [0.25, 0.3) is 0 Å². The molecule has 1 saturated heterocycles. The van der Waals surface area contributed by atoms with Gasteiger partial charge in [0.1, 0.15) is 11.4 Å². The molecule has 27 heavy (non-hydrogen) atoms. The first-order chi connectivity index (χ1) is 13.0. The van der Waals surface area contributed by atoms with Crippen LogP contribution in [0.15, 0.2) is 23.1 Å². The predicted molar refractivity (Wildman–Crippen MR) is 102 cm³/mol. The second-order valence-electron chi connectivity index (χ2n) is 7.34. The molecule has 0 amide bonds. The molecule has 0 unspecified atom stereocenters. The number of esters is 1. The van der Waals surface area contributed by atoms with E-state index in [0.29, 0.717) is 11.2 Å². The molecule has 1 saturated carbocycles. The molecule has 0 N–H and O–H groups in total. The lowest BCUT2D eigenvalue weighted by atomic mass is 10.1. The highest BCUT2D eigenvalue weighted by molar-refractivity contribution is 5.94. The number of likely N-dealkylation sites (N-methyl/N-ethyl adjacent to an activating group) is 1. The number of anilines is 1. The third kappa shape index (κ3) is 3.32. The van der Waals surface area contributed by atoms with Gasteiger partial charge < -0.3 is 19.1 Å². The topological polar surface area (TPSA) is 54.8 Å². The Kier molecular flexibility index (Phi) is 4.63. The lowest BCUT2D eigenvalue weighted by molar-refractivity contribution is 0.0524. The van der Waals surface area contributed by atoms with Crippen LogP contribution in [0.25, 0.3) is 10.9 Å². The van der Waals surface area contributed by atoms with Gasteiger partial charge >= 0.3 is 5.97 Å². The van der Waals surface area contributed by atoms with Crippen molar-refractivity contribution in [1.82, 2.24) is 9.47 Å². The number of rotatable bonds is 4. The minimum absolute atomic E-state index is 0.0250. The summed E-state index contributed by atoms with van der Waals surface area (Å²) in [6.07, 6.45) is 3.56. The normalized spacial score (nSPS) is 18.1. The van der Waals surface area contributed by atoms with E-state index in [9.17, 15) is 14.0 Å². The molecule has 2 aliphatic rings. The predicted octanol–water partition coefficient (Wildman–Crippen LogP) is 2.40. The Labute approximate surface area is 157 Å². The molecule has 7 heteroatoms. The summed E-state index contributed by atoms with van der Waals surface area (Å²) in [6.45, 7) is 5.11. The molecule has 2 fully saturated rings.